The Balaban J connectivity index is 3.51. The second-order valence-corrected chi connectivity index (χ2v) is 20.5. The molecule has 0 amide bonds. The van der Waals surface area contributed by atoms with Gasteiger partial charge in [0.1, 0.15) is 5.76 Å². The van der Waals surface area contributed by atoms with E-state index in [1.807, 2.05) is 0 Å². The zero-order chi connectivity index (χ0) is 23.3. The van der Waals surface area contributed by atoms with Crippen molar-refractivity contribution in [2.45, 2.75) is 143 Å². The summed E-state index contributed by atoms with van der Waals surface area (Å²) in [6.07, 6.45) is 3.71. The monoisotopic (exact) mass is 452 g/mol. The van der Waals surface area contributed by atoms with Gasteiger partial charge in [-0.25, -0.2) is 0 Å². The lowest BCUT2D eigenvalue weighted by atomic mass is 10.0. The van der Waals surface area contributed by atoms with Crippen molar-refractivity contribution in [3.8, 4) is 0 Å². The molecule has 0 aromatic rings. The van der Waals surface area contributed by atoms with Crippen LogP contribution in [0.15, 0.2) is 22.5 Å². The SMILES string of the molecule is CCCCC1=C(C)C(O[Si](CC)(CC)CC)=C(C)C1O[Si](C(C)C)(C(C)C)C(C)C. The molecule has 0 saturated heterocycles. The Bertz CT molecular complexity index is 582. The summed E-state index contributed by atoms with van der Waals surface area (Å²) < 4.78 is 14.4. The van der Waals surface area contributed by atoms with Crippen molar-refractivity contribution in [2.24, 2.45) is 0 Å². The second-order valence-electron chi connectivity index (χ2n) is 10.4. The zero-order valence-electron chi connectivity index (χ0n) is 22.4. The Morgan fingerprint density at radius 1 is 0.800 bits per heavy atom. The van der Waals surface area contributed by atoms with Crippen LogP contribution in [0.4, 0.5) is 0 Å². The van der Waals surface area contributed by atoms with Crippen LogP contribution in [0.1, 0.15) is 102 Å². The van der Waals surface area contributed by atoms with Crippen molar-refractivity contribution in [1.82, 2.24) is 0 Å². The van der Waals surface area contributed by atoms with Gasteiger partial charge < -0.3 is 8.85 Å². The largest absolute Gasteiger partial charge is 0.543 e. The molecule has 1 unspecified atom stereocenters. The van der Waals surface area contributed by atoms with E-state index in [0.717, 1.165) is 6.42 Å². The highest BCUT2D eigenvalue weighted by Gasteiger charge is 2.49. The van der Waals surface area contributed by atoms with E-state index < -0.39 is 16.6 Å². The average Bonchev–Trinajstić information content (AvgIpc) is 2.90. The smallest absolute Gasteiger partial charge is 0.250 e. The lowest BCUT2D eigenvalue weighted by Crippen LogP contribution is -2.50. The highest BCUT2D eigenvalue weighted by Crippen LogP contribution is 2.48. The Kier molecular flexibility index (Phi) is 10.6. The van der Waals surface area contributed by atoms with E-state index in [-0.39, 0.29) is 6.10 Å². The van der Waals surface area contributed by atoms with Crippen molar-refractivity contribution in [3.63, 3.8) is 0 Å². The molecule has 176 valence electrons. The van der Waals surface area contributed by atoms with Crippen molar-refractivity contribution in [2.75, 3.05) is 0 Å². The van der Waals surface area contributed by atoms with Crippen LogP contribution in [-0.2, 0) is 8.85 Å². The van der Waals surface area contributed by atoms with Gasteiger partial charge in [0.25, 0.3) is 0 Å². The molecule has 0 aromatic heterocycles. The molecular formula is C26H52O2Si2. The van der Waals surface area contributed by atoms with E-state index in [4.69, 9.17) is 8.85 Å². The Morgan fingerprint density at radius 3 is 1.63 bits per heavy atom. The van der Waals surface area contributed by atoms with E-state index in [0.29, 0.717) is 16.6 Å². The van der Waals surface area contributed by atoms with Gasteiger partial charge in [-0.05, 0) is 78.2 Å². The zero-order valence-corrected chi connectivity index (χ0v) is 24.4. The molecule has 2 nitrogen and oxygen atoms in total. The van der Waals surface area contributed by atoms with Crippen LogP contribution in [-0.4, -0.2) is 22.7 Å². The number of allylic oxidation sites excluding steroid dienone is 1. The fourth-order valence-corrected chi connectivity index (χ4v) is 14.0. The molecule has 0 bridgehead atoms. The molecule has 0 spiro atoms. The first-order chi connectivity index (χ1) is 14.0. The van der Waals surface area contributed by atoms with Gasteiger partial charge in [-0.2, -0.15) is 0 Å². The standard InChI is InChI=1S/C26H52O2Si2/c1-13-17-18-24-22(11)25(27-29(14-2,15-3)16-4)23(12)26(24)28-30(19(5)6,20(7)8)21(9)10/h19-21,26H,13-18H2,1-12H3. The molecule has 1 aliphatic rings. The first-order valence-electron chi connectivity index (χ1n) is 12.7. The lowest BCUT2D eigenvalue weighted by Gasteiger charge is -2.45. The molecule has 1 atom stereocenters. The van der Waals surface area contributed by atoms with Crippen LogP contribution in [0.3, 0.4) is 0 Å². The number of hydrogen-bond donors (Lipinski definition) is 0. The van der Waals surface area contributed by atoms with Gasteiger partial charge in [0.05, 0.1) is 6.10 Å². The van der Waals surface area contributed by atoms with Gasteiger partial charge in [0.2, 0.25) is 16.6 Å². The van der Waals surface area contributed by atoms with E-state index >= 15 is 0 Å². The van der Waals surface area contributed by atoms with Crippen molar-refractivity contribution >= 4 is 16.6 Å². The molecule has 1 aliphatic carbocycles. The highest BCUT2D eigenvalue weighted by molar-refractivity contribution is 6.77. The quantitative estimate of drug-likeness (QED) is 0.259. The lowest BCUT2D eigenvalue weighted by molar-refractivity contribution is 0.232. The fraction of sp³-hybridized carbons (Fsp3) is 0.846. The fourth-order valence-electron chi connectivity index (χ4n) is 5.82. The predicted molar refractivity (Wildman–Crippen MR) is 139 cm³/mol. The molecule has 0 heterocycles. The van der Waals surface area contributed by atoms with Crippen molar-refractivity contribution < 1.29 is 8.85 Å². The summed E-state index contributed by atoms with van der Waals surface area (Å²) in [6.45, 7) is 28.2. The summed E-state index contributed by atoms with van der Waals surface area (Å²) in [5.74, 6) is 1.20. The molecule has 0 fully saturated rings. The first-order valence-corrected chi connectivity index (χ1v) is 17.4. The third kappa shape index (κ3) is 5.35. The van der Waals surface area contributed by atoms with Gasteiger partial charge in [-0.3, -0.25) is 0 Å². The molecular weight excluding hydrogens is 400 g/mol. The summed E-state index contributed by atoms with van der Waals surface area (Å²) >= 11 is 0. The molecule has 30 heavy (non-hydrogen) atoms. The van der Waals surface area contributed by atoms with Gasteiger partial charge in [-0.15, -0.1) is 0 Å². The summed E-state index contributed by atoms with van der Waals surface area (Å²) in [5.41, 5.74) is 6.03. The predicted octanol–water partition coefficient (Wildman–Crippen LogP) is 9.36. The van der Waals surface area contributed by atoms with Crippen LogP contribution in [0.5, 0.6) is 0 Å². The minimum Gasteiger partial charge on any atom is -0.543 e. The van der Waals surface area contributed by atoms with E-state index in [1.165, 1.54) is 53.5 Å². The van der Waals surface area contributed by atoms with Crippen LogP contribution in [0.25, 0.3) is 0 Å². The maximum absolute atomic E-state index is 7.38. The summed E-state index contributed by atoms with van der Waals surface area (Å²) in [7, 11) is -3.69. The van der Waals surface area contributed by atoms with Crippen molar-refractivity contribution in [3.05, 3.63) is 22.5 Å². The van der Waals surface area contributed by atoms with Crippen LogP contribution < -0.4 is 0 Å². The molecule has 0 radical (unpaired) electrons. The Hall–Kier alpha value is -0.326. The van der Waals surface area contributed by atoms with Crippen molar-refractivity contribution in [1.29, 1.82) is 0 Å². The van der Waals surface area contributed by atoms with Crippen LogP contribution in [0.2, 0.25) is 34.8 Å². The normalized spacial score (nSPS) is 18.6. The topological polar surface area (TPSA) is 18.5 Å². The van der Waals surface area contributed by atoms with Crippen LogP contribution in [0, 0.1) is 0 Å². The second kappa shape index (κ2) is 11.5. The maximum atomic E-state index is 7.38. The molecule has 0 saturated carbocycles. The summed E-state index contributed by atoms with van der Waals surface area (Å²) in [4.78, 5) is 0. The molecule has 4 heteroatoms. The molecule has 0 aliphatic heterocycles. The minimum atomic E-state index is -1.97. The summed E-state index contributed by atoms with van der Waals surface area (Å²) in [5, 5.41) is 0. The van der Waals surface area contributed by atoms with E-state index in [1.54, 1.807) is 0 Å². The van der Waals surface area contributed by atoms with Gasteiger partial charge in [0.15, 0.2) is 0 Å². The number of unbranched alkanes of at least 4 members (excludes halogenated alkanes) is 1. The number of hydrogen-bond acceptors (Lipinski definition) is 2. The summed E-state index contributed by atoms with van der Waals surface area (Å²) in [6, 6.07) is 3.55. The average molecular weight is 453 g/mol. The van der Waals surface area contributed by atoms with Gasteiger partial charge in [-0.1, -0.05) is 75.7 Å². The van der Waals surface area contributed by atoms with Gasteiger partial charge in [0, 0.05) is 0 Å². The third-order valence-corrected chi connectivity index (χ3v) is 18.5. The minimum absolute atomic E-state index is 0.127. The molecule has 0 aromatic carbocycles. The maximum Gasteiger partial charge on any atom is 0.250 e. The Morgan fingerprint density at radius 2 is 1.27 bits per heavy atom. The van der Waals surface area contributed by atoms with E-state index in [2.05, 4.69) is 83.1 Å². The Labute approximate surface area is 191 Å². The van der Waals surface area contributed by atoms with E-state index in [9.17, 15) is 0 Å². The third-order valence-electron chi connectivity index (χ3n) is 7.97. The number of rotatable bonds is 13. The molecule has 1 rings (SSSR count). The first kappa shape index (κ1) is 27.7. The highest BCUT2D eigenvalue weighted by atomic mass is 28.4. The van der Waals surface area contributed by atoms with Gasteiger partial charge >= 0.3 is 0 Å². The molecule has 0 N–H and O–H groups in total. The van der Waals surface area contributed by atoms with Crippen LogP contribution >= 0.6 is 0 Å².